The molecule has 0 aliphatic rings. The van der Waals surface area contributed by atoms with Crippen LogP contribution in [0.2, 0.25) is 0 Å². The smallest absolute Gasteiger partial charge is 0.222 e. The van der Waals surface area contributed by atoms with Crippen LogP contribution in [0.1, 0.15) is 45.4 Å². The van der Waals surface area contributed by atoms with Crippen molar-refractivity contribution in [3.05, 3.63) is 0 Å². The number of nitrogens with one attached hydrogen (secondary N) is 1. The molecule has 0 heterocycles. The summed E-state index contributed by atoms with van der Waals surface area (Å²) in [5.74, 6) is 0.0419. The second-order valence-electron chi connectivity index (χ2n) is 4.32. The lowest BCUT2D eigenvalue weighted by atomic mass is 10.1. The number of aliphatic hydroxyl groups excluding tert-OH is 2. The number of rotatable bonds is 10. The van der Waals surface area contributed by atoms with E-state index < -0.39 is 6.23 Å². The Morgan fingerprint density at radius 2 is 1.94 bits per heavy atom. The highest BCUT2D eigenvalue weighted by atomic mass is 16.3. The van der Waals surface area contributed by atoms with E-state index in [9.17, 15) is 9.90 Å². The van der Waals surface area contributed by atoms with Crippen molar-refractivity contribution in [3.63, 3.8) is 0 Å². The van der Waals surface area contributed by atoms with E-state index in [1.807, 2.05) is 0 Å². The zero-order chi connectivity index (χ0) is 13.1. The number of amides is 1. The van der Waals surface area contributed by atoms with Gasteiger partial charge in [0, 0.05) is 13.5 Å². The molecular weight excluding hydrogens is 220 g/mol. The Hall–Kier alpha value is -0.650. The van der Waals surface area contributed by atoms with E-state index in [1.165, 1.54) is 24.2 Å². The van der Waals surface area contributed by atoms with E-state index in [-0.39, 0.29) is 19.2 Å². The van der Waals surface area contributed by atoms with Crippen LogP contribution in [0.5, 0.6) is 0 Å². The Labute approximate surface area is 104 Å². The van der Waals surface area contributed by atoms with Crippen LogP contribution in [0.3, 0.4) is 0 Å². The summed E-state index contributed by atoms with van der Waals surface area (Å²) >= 11 is 0. The van der Waals surface area contributed by atoms with E-state index in [2.05, 4.69) is 12.2 Å². The molecule has 0 saturated carbocycles. The second-order valence-corrected chi connectivity index (χ2v) is 4.32. The Morgan fingerprint density at radius 3 is 2.53 bits per heavy atom. The number of likely N-dealkylation sites (N-methyl/N-ethyl adjacent to an activating group) is 1. The van der Waals surface area contributed by atoms with Crippen LogP contribution in [-0.4, -0.2) is 47.6 Å². The lowest BCUT2D eigenvalue weighted by Crippen LogP contribution is -2.42. The number of carbonyl (C=O) groups excluding carboxylic acids is 1. The van der Waals surface area contributed by atoms with Gasteiger partial charge in [-0.2, -0.15) is 0 Å². The Bertz CT molecular complexity index is 200. The van der Waals surface area contributed by atoms with Crippen LogP contribution >= 0.6 is 0 Å². The molecular formula is C12H26N2O3. The summed E-state index contributed by atoms with van der Waals surface area (Å²) in [4.78, 5) is 13.1. The third-order valence-corrected chi connectivity index (χ3v) is 2.69. The van der Waals surface area contributed by atoms with Gasteiger partial charge in [0.05, 0.1) is 13.3 Å². The monoisotopic (exact) mass is 246 g/mol. The number of unbranched alkanes of at least 4 members (excludes halogenated alkanes) is 4. The fourth-order valence-electron chi connectivity index (χ4n) is 1.60. The van der Waals surface area contributed by atoms with Crippen molar-refractivity contribution in [1.29, 1.82) is 0 Å². The van der Waals surface area contributed by atoms with E-state index in [1.54, 1.807) is 7.05 Å². The van der Waals surface area contributed by atoms with Gasteiger partial charge in [-0.3, -0.25) is 10.1 Å². The quantitative estimate of drug-likeness (QED) is 0.391. The molecule has 0 aliphatic carbocycles. The molecule has 5 heteroatoms. The molecule has 0 radical (unpaired) electrons. The molecule has 0 saturated heterocycles. The van der Waals surface area contributed by atoms with Crippen molar-refractivity contribution in [2.75, 3.05) is 20.3 Å². The van der Waals surface area contributed by atoms with Gasteiger partial charge in [-0.1, -0.05) is 32.6 Å². The van der Waals surface area contributed by atoms with Gasteiger partial charge in [0.1, 0.15) is 6.23 Å². The molecule has 0 bridgehead atoms. The molecule has 0 aromatic heterocycles. The first-order chi connectivity index (χ1) is 8.11. The highest BCUT2D eigenvalue weighted by Crippen LogP contribution is 2.06. The topological polar surface area (TPSA) is 72.8 Å². The van der Waals surface area contributed by atoms with Gasteiger partial charge in [0.15, 0.2) is 0 Å². The van der Waals surface area contributed by atoms with Crippen LogP contribution in [0.15, 0.2) is 0 Å². The maximum Gasteiger partial charge on any atom is 0.222 e. The lowest BCUT2D eigenvalue weighted by Gasteiger charge is -2.21. The third kappa shape index (κ3) is 9.09. The molecule has 0 aliphatic heterocycles. The van der Waals surface area contributed by atoms with E-state index in [0.717, 1.165) is 12.8 Å². The van der Waals surface area contributed by atoms with Gasteiger partial charge >= 0.3 is 0 Å². The third-order valence-electron chi connectivity index (χ3n) is 2.69. The summed E-state index contributed by atoms with van der Waals surface area (Å²) in [5, 5.41) is 20.3. The van der Waals surface area contributed by atoms with Crippen molar-refractivity contribution < 1.29 is 15.0 Å². The van der Waals surface area contributed by atoms with Crippen LogP contribution in [0.25, 0.3) is 0 Å². The number of hydrogen-bond donors (Lipinski definition) is 3. The van der Waals surface area contributed by atoms with Crippen molar-refractivity contribution in [2.24, 2.45) is 0 Å². The zero-order valence-electron chi connectivity index (χ0n) is 11.0. The summed E-state index contributed by atoms with van der Waals surface area (Å²) < 4.78 is 0. The molecule has 1 unspecified atom stereocenters. The summed E-state index contributed by atoms with van der Waals surface area (Å²) in [7, 11) is 1.66. The summed E-state index contributed by atoms with van der Waals surface area (Å²) in [6, 6.07) is 0. The average molecular weight is 246 g/mol. The highest BCUT2D eigenvalue weighted by Gasteiger charge is 2.12. The number of carbonyl (C=O) groups is 1. The normalized spacial score (nSPS) is 12.5. The molecule has 5 nitrogen and oxygen atoms in total. The first-order valence-electron chi connectivity index (χ1n) is 6.38. The number of aliphatic hydroxyl groups is 2. The van der Waals surface area contributed by atoms with E-state index >= 15 is 0 Å². The fourth-order valence-corrected chi connectivity index (χ4v) is 1.60. The minimum Gasteiger partial charge on any atom is -0.381 e. The minimum atomic E-state index is -0.867. The number of hydrogen-bond acceptors (Lipinski definition) is 4. The second kappa shape index (κ2) is 10.5. The molecule has 0 spiro atoms. The molecule has 0 rings (SSSR count). The van der Waals surface area contributed by atoms with Crippen molar-refractivity contribution in [1.82, 2.24) is 10.2 Å². The van der Waals surface area contributed by atoms with Crippen molar-refractivity contribution >= 4 is 5.91 Å². The van der Waals surface area contributed by atoms with Crippen LogP contribution in [0, 0.1) is 0 Å². The first-order valence-corrected chi connectivity index (χ1v) is 6.38. The summed E-state index contributed by atoms with van der Waals surface area (Å²) in [6.45, 7) is 2.07. The molecule has 3 N–H and O–H groups in total. The van der Waals surface area contributed by atoms with Crippen LogP contribution in [0.4, 0.5) is 0 Å². The Kier molecular flexibility index (Phi) is 10.1. The Morgan fingerprint density at radius 1 is 1.29 bits per heavy atom. The van der Waals surface area contributed by atoms with Crippen LogP contribution in [-0.2, 0) is 4.79 Å². The average Bonchev–Trinajstić information content (AvgIpc) is 2.28. The standard InChI is InChI=1S/C12H26N2O3/c1-3-4-5-6-7-8-12(17)14(2)9-11(16)13-10-15/h11,13,15-16H,3-10H2,1-2H3. The molecule has 17 heavy (non-hydrogen) atoms. The van der Waals surface area contributed by atoms with Gasteiger partial charge < -0.3 is 15.1 Å². The maximum absolute atomic E-state index is 11.6. The molecule has 102 valence electrons. The predicted molar refractivity (Wildman–Crippen MR) is 67.2 cm³/mol. The minimum absolute atomic E-state index is 0.0419. The summed E-state index contributed by atoms with van der Waals surface area (Å²) in [6.07, 6.45) is 5.27. The maximum atomic E-state index is 11.6. The largest absolute Gasteiger partial charge is 0.381 e. The van der Waals surface area contributed by atoms with E-state index in [4.69, 9.17) is 5.11 Å². The van der Waals surface area contributed by atoms with Gasteiger partial charge in [-0.25, -0.2) is 0 Å². The van der Waals surface area contributed by atoms with Gasteiger partial charge in [-0.15, -0.1) is 0 Å². The van der Waals surface area contributed by atoms with Crippen LogP contribution < -0.4 is 5.32 Å². The molecule has 1 atom stereocenters. The predicted octanol–water partition coefficient (Wildman–Crippen LogP) is 0.663. The Balaban J connectivity index is 3.60. The molecule has 0 aromatic carbocycles. The fraction of sp³-hybridized carbons (Fsp3) is 0.917. The van der Waals surface area contributed by atoms with Gasteiger partial charge in [0.2, 0.25) is 5.91 Å². The lowest BCUT2D eigenvalue weighted by molar-refractivity contribution is -0.131. The van der Waals surface area contributed by atoms with Gasteiger partial charge in [-0.05, 0) is 6.42 Å². The highest BCUT2D eigenvalue weighted by molar-refractivity contribution is 5.75. The molecule has 0 aromatic rings. The van der Waals surface area contributed by atoms with Gasteiger partial charge in [0.25, 0.3) is 0 Å². The first kappa shape index (κ1) is 16.4. The summed E-state index contributed by atoms with van der Waals surface area (Å²) in [5.41, 5.74) is 0. The SMILES string of the molecule is CCCCCCCC(=O)N(C)CC(O)NCO. The number of nitrogens with zero attached hydrogens (tertiary/aromatic N) is 1. The zero-order valence-corrected chi connectivity index (χ0v) is 11.0. The van der Waals surface area contributed by atoms with Crippen molar-refractivity contribution in [2.45, 2.75) is 51.7 Å². The van der Waals surface area contributed by atoms with Crippen molar-refractivity contribution in [3.8, 4) is 0 Å². The van der Waals surface area contributed by atoms with E-state index in [0.29, 0.717) is 6.42 Å². The molecule has 1 amide bonds. The molecule has 0 fully saturated rings.